The molecule has 3 aromatic rings. The Morgan fingerprint density at radius 3 is 2.34 bits per heavy atom. The van der Waals surface area contributed by atoms with Crippen LogP contribution in [-0.2, 0) is 32.3 Å². The lowest BCUT2D eigenvalue weighted by Crippen LogP contribution is -2.08. The minimum atomic E-state index is -0.499. The monoisotopic (exact) mass is 475 g/mol. The molecule has 3 aromatic carbocycles. The van der Waals surface area contributed by atoms with Gasteiger partial charge >= 0.3 is 5.97 Å². The molecular weight excluding hydrogens is 446 g/mol. The van der Waals surface area contributed by atoms with Crippen LogP contribution < -0.4 is 9.47 Å². The van der Waals surface area contributed by atoms with Crippen molar-refractivity contribution in [2.75, 3.05) is 21.3 Å². The molecule has 0 aromatic heterocycles. The van der Waals surface area contributed by atoms with E-state index >= 15 is 0 Å². The van der Waals surface area contributed by atoms with Gasteiger partial charge in [-0.05, 0) is 41.8 Å². The number of methoxy groups -OCH3 is 3. The van der Waals surface area contributed by atoms with Crippen LogP contribution in [0.4, 0.5) is 0 Å². The molecule has 0 aliphatic heterocycles. The minimum absolute atomic E-state index is 0.189. The van der Waals surface area contributed by atoms with Crippen LogP contribution in [0, 0.1) is 0 Å². The van der Waals surface area contributed by atoms with E-state index in [1.807, 2.05) is 79.7 Å². The molecule has 0 amide bonds. The largest absolute Gasteiger partial charge is 0.503 e. The van der Waals surface area contributed by atoms with E-state index in [0.717, 1.165) is 16.7 Å². The van der Waals surface area contributed by atoms with E-state index in [2.05, 4.69) is 5.16 Å². The van der Waals surface area contributed by atoms with E-state index in [4.69, 9.17) is 23.8 Å². The Labute approximate surface area is 205 Å². The number of esters is 1. The maximum absolute atomic E-state index is 12.3. The van der Waals surface area contributed by atoms with Gasteiger partial charge in [0.2, 0.25) is 0 Å². The van der Waals surface area contributed by atoms with Crippen molar-refractivity contribution in [3.05, 3.63) is 101 Å². The van der Waals surface area contributed by atoms with Crippen LogP contribution in [0.1, 0.15) is 29.2 Å². The first-order valence-electron chi connectivity index (χ1n) is 11.0. The summed E-state index contributed by atoms with van der Waals surface area (Å²) in [5.41, 5.74) is 4.30. The van der Waals surface area contributed by atoms with Crippen LogP contribution in [0.5, 0.6) is 11.5 Å². The highest BCUT2D eigenvalue weighted by Crippen LogP contribution is 2.30. The van der Waals surface area contributed by atoms with Gasteiger partial charge in [0, 0.05) is 5.56 Å². The van der Waals surface area contributed by atoms with E-state index in [-0.39, 0.29) is 6.61 Å². The van der Waals surface area contributed by atoms with Gasteiger partial charge in [0.1, 0.15) is 18.8 Å². The lowest BCUT2D eigenvalue weighted by molar-refractivity contribution is -0.133. The molecule has 35 heavy (non-hydrogen) atoms. The van der Waals surface area contributed by atoms with Gasteiger partial charge in [0.25, 0.3) is 0 Å². The van der Waals surface area contributed by atoms with Crippen LogP contribution in [0.25, 0.3) is 5.57 Å². The second-order valence-electron chi connectivity index (χ2n) is 7.51. The summed E-state index contributed by atoms with van der Waals surface area (Å²) >= 11 is 0. The van der Waals surface area contributed by atoms with Gasteiger partial charge < -0.3 is 23.8 Å². The third-order valence-electron chi connectivity index (χ3n) is 5.19. The number of hydrogen-bond acceptors (Lipinski definition) is 7. The summed E-state index contributed by atoms with van der Waals surface area (Å²) in [5, 5.41) is 4.24. The Morgan fingerprint density at radius 2 is 1.63 bits per heavy atom. The van der Waals surface area contributed by atoms with Crippen LogP contribution in [-0.4, -0.2) is 33.0 Å². The van der Waals surface area contributed by atoms with Gasteiger partial charge in [-0.25, -0.2) is 4.79 Å². The molecular formula is C28H29NO6. The van der Waals surface area contributed by atoms with Crippen molar-refractivity contribution >= 4 is 17.3 Å². The molecule has 0 spiro atoms. The summed E-state index contributed by atoms with van der Waals surface area (Å²) in [5.74, 6) is 0.610. The molecule has 0 unspecified atom stereocenters. The highest BCUT2D eigenvalue weighted by molar-refractivity contribution is 6.16. The fraction of sp³-hybridized carbons (Fsp3) is 0.214. The summed E-state index contributed by atoms with van der Waals surface area (Å²) in [6, 6.07) is 22.8. The number of nitrogens with zero attached hydrogens (tertiary/aromatic N) is 1. The van der Waals surface area contributed by atoms with Crippen LogP contribution in [0.2, 0.25) is 0 Å². The minimum Gasteiger partial charge on any atom is -0.503 e. The normalized spacial score (nSPS) is 11.5. The first-order chi connectivity index (χ1) is 17.1. The quantitative estimate of drug-likeness (QED) is 0.122. The highest BCUT2D eigenvalue weighted by atomic mass is 16.6. The summed E-state index contributed by atoms with van der Waals surface area (Å²) < 4.78 is 21.6. The Balaban J connectivity index is 1.79. The fourth-order valence-corrected chi connectivity index (χ4v) is 3.36. The molecule has 0 aliphatic rings. The number of hydrogen-bond donors (Lipinski definition) is 0. The summed E-state index contributed by atoms with van der Waals surface area (Å²) in [4.78, 5) is 17.8. The molecule has 0 aliphatic carbocycles. The summed E-state index contributed by atoms with van der Waals surface area (Å²) in [6.45, 7) is 2.44. The molecule has 0 atom stereocenters. The Bertz CT molecular complexity index is 1190. The molecule has 0 saturated heterocycles. The van der Waals surface area contributed by atoms with Gasteiger partial charge in [0.05, 0.1) is 33.3 Å². The maximum atomic E-state index is 12.3. The van der Waals surface area contributed by atoms with Crippen molar-refractivity contribution in [3.63, 3.8) is 0 Å². The zero-order valence-corrected chi connectivity index (χ0v) is 20.3. The molecule has 7 heteroatoms. The van der Waals surface area contributed by atoms with Crippen molar-refractivity contribution in [3.8, 4) is 11.5 Å². The second kappa shape index (κ2) is 12.8. The summed E-state index contributed by atoms with van der Waals surface area (Å²) in [6.07, 6.45) is 1.36. The number of benzene rings is 3. The van der Waals surface area contributed by atoms with Crippen LogP contribution >= 0.6 is 0 Å². The third-order valence-corrected chi connectivity index (χ3v) is 5.19. The van der Waals surface area contributed by atoms with E-state index in [1.165, 1.54) is 20.5 Å². The van der Waals surface area contributed by atoms with Crippen molar-refractivity contribution in [2.45, 2.75) is 20.1 Å². The van der Waals surface area contributed by atoms with E-state index in [1.54, 1.807) is 7.11 Å². The topological polar surface area (TPSA) is 75.6 Å². The average Bonchev–Trinajstić information content (AvgIpc) is 2.90. The Hall–Kier alpha value is -4.26. The number of ether oxygens (including phenoxy) is 4. The van der Waals surface area contributed by atoms with Gasteiger partial charge in [-0.15, -0.1) is 0 Å². The molecule has 0 saturated carbocycles. The van der Waals surface area contributed by atoms with Crippen LogP contribution in [0.3, 0.4) is 0 Å². The first-order valence-corrected chi connectivity index (χ1v) is 11.0. The van der Waals surface area contributed by atoms with E-state index in [0.29, 0.717) is 35.0 Å². The van der Waals surface area contributed by atoms with Crippen molar-refractivity contribution < 1.29 is 28.6 Å². The zero-order chi connectivity index (χ0) is 25.0. The molecule has 0 fully saturated rings. The Kier molecular flexibility index (Phi) is 9.31. The predicted octanol–water partition coefficient (Wildman–Crippen LogP) is 5.38. The molecule has 3 rings (SSSR count). The third kappa shape index (κ3) is 6.86. The fourth-order valence-electron chi connectivity index (χ4n) is 3.36. The highest BCUT2D eigenvalue weighted by Gasteiger charge is 2.17. The number of carbonyl (C=O) groups excluding carboxylic acids is 1. The SMILES string of the molecule is CO/C=C(/C(=O)OC)c1ccccc1COc1cc(/C(C)=N/OCc2ccccc2)ccc1OC. The standard InChI is InChI=1S/C28H29NO6/c1-20(29-35-17-21-10-6-5-7-11-21)22-14-15-26(32-3)27(16-22)34-18-23-12-8-9-13-24(23)25(19-31-2)28(30)33-4/h5-16,19H,17-18H2,1-4H3/b25-19+,29-20+. The lowest BCUT2D eigenvalue weighted by Gasteiger charge is -2.15. The maximum Gasteiger partial charge on any atom is 0.341 e. The van der Waals surface area contributed by atoms with E-state index in [9.17, 15) is 4.79 Å². The Morgan fingerprint density at radius 1 is 0.886 bits per heavy atom. The van der Waals surface area contributed by atoms with Crippen molar-refractivity contribution in [2.24, 2.45) is 5.16 Å². The molecule has 0 N–H and O–H groups in total. The number of rotatable bonds is 11. The van der Waals surface area contributed by atoms with E-state index < -0.39 is 5.97 Å². The molecule has 0 radical (unpaired) electrons. The summed E-state index contributed by atoms with van der Waals surface area (Å²) in [7, 11) is 4.39. The average molecular weight is 476 g/mol. The van der Waals surface area contributed by atoms with Crippen molar-refractivity contribution in [1.82, 2.24) is 0 Å². The first kappa shape index (κ1) is 25.4. The van der Waals surface area contributed by atoms with Gasteiger partial charge in [-0.1, -0.05) is 59.8 Å². The van der Waals surface area contributed by atoms with Gasteiger partial charge in [-0.3, -0.25) is 0 Å². The van der Waals surface area contributed by atoms with Crippen LogP contribution in [0.15, 0.2) is 84.2 Å². The van der Waals surface area contributed by atoms with Gasteiger partial charge in [-0.2, -0.15) is 0 Å². The molecule has 7 nitrogen and oxygen atoms in total. The molecule has 0 heterocycles. The number of carbonyl (C=O) groups is 1. The second-order valence-corrected chi connectivity index (χ2v) is 7.51. The molecule has 0 bridgehead atoms. The smallest absolute Gasteiger partial charge is 0.341 e. The zero-order valence-electron chi connectivity index (χ0n) is 20.3. The van der Waals surface area contributed by atoms with Gasteiger partial charge in [0.15, 0.2) is 11.5 Å². The predicted molar refractivity (Wildman–Crippen MR) is 134 cm³/mol. The lowest BCUT2D eigenvalue weighted by atomic mass is 10.0. The molecule has 182 valence electrons. The number of oxime groups is 1. The van der Waals surface area contributed by atoms with Crippen molar-refractivity contribution in [1.29, 1.82) is 0 Å².